The molecule has 4 heteroatoms. The monoisotopic (exact) mass is 244 g/mol. The maximum Gasteiger partial charge on any atom is 0.138 e. The minimum Gasteiger partial charge on any atom is -0.493 e. The number of hydrogen-bond donors (Lipinski definition) is 2. The maximum atomic E-state index is 9.89. The normalized spacial score (nSPS) is 14.4. The van der Waals surface area contributed by atoms with E-state index >= 15 is 0 Å². The van der Waals surface area contributed by atoms with Crippen molar-refractivity contribution >= 4 is 0 Å². The van der Waals surface area contributed by atoms with Gasteiger partial charge in [-0.25, -0.2) is 4.98 Å². The Morgan fingerprint density at radius 3 is 2.94 bits per heavy atom. The molecule has 0 aliphatic carbocycles. The van der Waals surface area contributed by atoms with Gasteiger partial charge < -0.3 is 14.8 Å². The molecular formula is C14H16N2O2. The van der Waals surface area contributed by atoms with Crippen molar-refractivity contribution in [2.75, 3.05) is 6.61 Å². The summed E-state index contributed by atoms with van der Waals surface area (Å²) in [4.78, 5) is 7.38. The molecule has 0 fully saturated rings. The summed E-state index contributed by atoms with van der Waals surface area (Å²) in [7, 11) is 0. The zero-order valence-corrected chi connectivity index (χ0v) is 10.5. The molecule has 2 N–H and O–H groups in total. The smallest absolute Gasteiger partial charge is 0.138 e. The van der Waals surface area contributed by atoms with E-state index in [1.165, 1.54) is 5.56 Å². The van der Waals surface area contributed by atoms with Gasteiger partial charge in [0.1, 0.15) is 17.2 Å². The van der Waals surface area contributed by atoms with E-state index in [1.54, 1.807) is 20.0 Å². The molecule has 1 aliphatic rings. The van der Waals surface area contributed by atoms with E-state index in [-0.39, 0.29) is 0 Å². The number of fused-ring (bicyclic) bond motifs is 1. The van der Waals surface area contributed by atoms with Gasteiger partial charge in [0.2, 0.25) is 0 Å². The molecule has 0 bridgehead atoms. The third-order valence-electron chi connectivity index (χ3n) is 3.16. The minimum absolute atomic E-state index is 0.578. The van der Waals surface area contributed by atoms with Crippen LogP contribution in [0.25, 0.3) is 11.3 Å². The zero-order valence-electron chi connectivity index (χ0n) is 10.5. The Hall–Kier alpha value is -1.81. The van der Waals surface area contributed by atoms with E-state index in [0.717, 1.165) is 30.0 Å². The van der Waals surface area contributed by atoms with Crippen LogP contribution in [0, 0.1) is 0 Å². The van der Waals surface area contributed by atoms with Gasteiger partial charge in [-0.05, 0) is 37.6 Å². The molecule has 0 saturated heterocycles. The lowest BCUT2D eigenvalue weighted by atomic mass is 10.1. The van der Waals surface area contributed by atoms with Crippen LogP contribution in [0.2, 0.25) is 0 Å². The molecule has 1 aromatic carbocycles. The average Bonchev–Trinajstić information content (AvgIpc) is 2.96. The standard InChI is InChI=1S/C14H16N2O2/c1-14(2,17)13-15-8-11(16-13)9-3-4-12-10(7-9)5-6-18-12/h3-4,7-8,17H,5-6H2,1-2H3,(H,15,16). The van der Waals surface area contributed by atoms with Crippen molar-refractivity contribution in [3.05, 3.63) is 35.8 Å². The molecule has 0 unspecified atom stereocenters. The number of ether oxygens (including phenoxy) is 1. The third-order valence-corrected chi connectivity index (χ3v) is 3.16. The van der Waals surface area contributed by atoms with Crippen molar-refractivity contribution in [1.82, 2.24) is 9.97 Å². The van der Waals surface area contributed by atoms with E-state index < -0.39 is 5.60 Å². The lowest BCUT2D eigenvalue weighted by molar-refractivity contribution is 0.0697. The molecule has 0 spiro atoms. The summed E-state index contributed by atoms with van der Waals surface area (Å²) in [6.07, 6.45) is 2.71. The molecule has 0 amide bonds. The van der Waals surface area contributed by atoms with Crippen LogP contribution < -0.4 is 4.74 Å². The summed E-state index contributed by atoms with van der Waals surface area (Å²) >= 11 is 0. The Kier molecular flexibility index (Phi) is 2.41. The Bertz CT molecular complexity index is 582. The Morgan fingerprint density at radius 1 is 1.39 bits per heavy atom. The van der Waals surface area contributed by atoms with Crippen LogP contribution in [-0.2, 0) is 12.0 Å². The molecule has 1 aliphatic heterocycles. The molecule has 4 nitrogen and oxygen atoms in total. The van der Waals surface area contributed by atoms with E-state index in [2.05, 4.69) is 16.0 Å². The number of nitrogens with zero attached hydrogens (tertiary/aromatic N) is 1. The van der Waals surface area contributed by atoms with Gasteiger partial charge in [-0.2, -0.15) is 0 Å². The molecule has 0 saturated carbocycles. The Morgan fingerprint density at radius 2 is 2.22 bits per heavy atom. The first-order valence-electron chi connectivity index (χ1n) is 6.08. The van der Waals surface area contributed by atoms with Gasteiger partial charge in [0.05, 0.1) is 18.5 Å². The summed E-state index contributed by atoms with van der Waals surface area (Å²) in [6, 6.07) is 6.11. The average molecular weight is 244 g/mol. The number of aromatic amines is 1. The van der Waals surface area contributed by atoms with E-state index in [0.29, 0.717) is 5.82 Å². The maximum absolute atomic E-state index is 9.89. The second-order valence-corrected chi connectivity index (χ2v) is 5.13. The molecule has 2 heterocycles. The number of aliphatic hydroxyl groups is 1. The fourth-order valence-corrected chi connectivity index (χ4v) is 2.13. The summed E-state index contributed by atoms with van der Waals surface area (Å²) in [5.74, 6) is 1.55. The minimum atomic E-state index is -0.946. The fourth-order valence-electron chi connectivity index (χ4n) is 2.13. The second kappa shape index (κ2) is 3.85. The highest BCUT2D eigenvalue weighted by atomic mass is 16.5. The SMILES string of the molecule is CC(C)(O)c1ncc(-c2ccc3c(c2)CCO3)[nH]1. The number of imidazole rings is 1. The van der Waals surface area contributed by atoms with Gasteiger partial charge in [0.15, 0.2) is 0 Å². The number of rotatable bonds is 2. The van der Waals surface area contributed by atoms with Crippen molar-refractivity contribution in [1.29, 1.82) is 0 Å². The number of H-pyrrole nitrogens is 1. The summed E-state index contributed by atoms with van der Waals surface area (Å²) in [5, 5.41) is 9.89. The van der Waals surface area contributed by atoms with Gasteiger partial charge in [-0.1, -0.05) is 0 Å². The number of nitrogens with one attached hydrogen (secondary N) is 1. The fraction of sp³-hybridized carbons (Fsp3) is 0.357. The lowest BCUT2D eigenvalue weighted by Gasteiger charge is -2.13. The molecule has 2 aromatic rings. The van der Waals surface area contributed by atoms with E-state index in [1.807, 2.05) is 12.1 Å². The van der Waals surface area contributed by atoms with E-state index in [9.17, 15) is 5.11 Å². The molecule has 1 aromatic heterocycles. The molecule has 0 radical (unpaired) electrons. The predicted octanol–water partition coefficient (Wildman–Crippen LogP) is 2.24. The zero-order chi connectivity index (χ0) is 12.8. The highest BCUT2D eigenvalue weighted by Gasteiger charge is 2.20. The molecule has 94 valence electrons. The summed E-state index contributed by atoms with van der Waals surface area (Å²) in [5.41, 5.74) is 2.27. The van der Waals surface area contributed by atoms with Crippen LogP contribution in [-0.4, -0.2) is 21.7 Å². The predicted molar refractivity (Wildman–Crippen MR) is 68.5 cm³/mol. The first-order valence-corrected chi connectivity index (χ1v) is 6.08. The molecule has 0 atom stereocenters. The van der Waals surface area contributed by atoms with Crippen LogP contribution >= 0.6 is 0 Å². The number of benzene rings is 1. The number of hydrogen-bond acceptors (Lipinski definition) is 3. The molecule has 18 heavy (non-hydrogen) atoms. The van der Waals surface area contributed by atoms with Crippen LogP contribution in [0.1, 0.15) is 25.2 Å². The van der Waals surface area contributed by atoms with E-state index in [4.69, 9.17) is 4.74 Å². The molecule has 3 rings (SSSR count). The second-order valence-electron chi connectivity index (χ2n) is 5.13. The topological polar surface area (TPSA) is 58.1 Å². The highest BCUT2D eigenvalue weighted by Crippen LogP contribution is 2.30. The van der Waals surface area contributed by atoms with Gasteiger partial charge in [-0.15, -0.1) is 0 Å². The van der Waals surface area contributed by atoms with Gasteiger partial charge in [-0.3, -0.25) is 0 Å². The van der Waals surface area contributed by atoms with Crippen LogP contribution in [0.4, 0.5) is 0 Å². The van der Waals surface area contributed by atoms with Crippen LogP contribution in [0.5, 0.6) is 5.75 Å². The first-order chi connectivity index (χ1) is 8.54. The van der Waals surface area contributed by atoms with Gasteiger partial charge in [0.25, 0.3) is 0 Å². The van der Waals surface area contributed by atoms with Gasteiger partial charge in [0, 0.05) is 12.0 Å². The largest absolute Gasteiger partial charge is 0.493 e. The van der Waals surface area contributed by atoms with Crippen molar-refractivity contribution < 1.29 is 9.84 Å². The Balaban J connectivity index is 1.98. The third kappa shape index (κ3) is 1.88. The van der Waals surface area contributed by atoms with Crippen molar-refractivity contribution in [3.63, 3.8) is 0 Å². The highest BCUT2D eigenvalue weighted by molar-refractivity contribution is 5.62. The number of aromatic nitrogens is 2. The van der Waals surface area contributed by atoms with Gasteiger partial charge >= 0.3 is 0 Å². The lowest BCUT2D eigenvalue weighted by Crippen LogP contribution is -2.17. The quantitative estimate of drug-likeness (QED) is 0.851. The van der Waals surface area contributed by atoms with Crippen molar-refractivity contribution in [2.24, 2.45) is 0 Å². The van der Waals surface area contributed by atoms with Crippen molar-refractivity contribution in [2.45, 2.75) is 25.9 Å². The molecular weight excluding hydrogens is 228 g/mol. The summed E-state index contributed by atoms with van der Waals surface area (Å²) < 4.78 is 5.48. The first kappa shape index (κ1) is 11.3. The van der Waals surface area contributed by atoms with Crippen molar-refractivity contribution in [3.8, 4) is 17.0 Å². The summed E-state index contributed by atoms with van der Waals surface area (Å²) in [6.45, 7) is 4.19. The van der Waals surface area contributed by atoms with Crippen LogP contribution in [0.15, 0.2) is 24.4 Å². The Labute approximate surface area is 106 Å². The van der Waals surface area contributed by atoms with Crippen LogP contribution in [0.3, 0.4) is 0 Å².